The molecule has 2 aromatic carbocycles. The van der Waals surface area contributed by atoms with Crippen molar-refractivity contribution in [2.24, 2.45) is 0 Å². The van der Waals surface area contributed by atoms with Gasteiger partial charge in [0.15, 0.2) is 0 Å². The van der Waals surface area contributed by atoms with E-state index >= 15 is 0 Å². The Labute approximate surface area is 159 Å². The summed E-state index contributed by atoms with van der Waals surface area (Å²) >= 11 is 0. The van der Waals surface area contributed by atoms with E-state index < -0.39 is 12.3 Å². The third-order valence-corrected chi connectivity index (χ3v) is 3.97. The van der Waals surface area contributed by atoms with E-state index in [1.807, 2.05) is 0 Å². The number of hydrogen-bond donors (Lipinski definition) is 1. The number of fused-ring (bicyclic) bond motifs is 2. The molecule has 2 heterocycles. The van der Waals surface area contributed by atoms with E-state index in [1.54, 1.807) is 42.5 Å². The number of carbonyl (C=O) groups excluding carboxylic acids is 1. The van der Waals surface area contributed by atoms with Gasteiger partial charge in [0.1, 0.15) is 0 Å². The van der Waals surface area contributed by atoms with Crippen molar-refractivity contribution in [2.75, 3.05) is 10.4 Å². The van der Waals surface area contributed by atoms with Gasteiger partial charge in [0.05, 0.1) is 17.0 Å². The summed E-state index contributed by atoms with van der Waals surface area (Å²) in [5, 5.41) is 3.39. The number of allylic oxidation sites excluding steroid dienone is 1. The third kappa shape index (κ3) is 3.38. The number of alkyl halides is 3. The Hall–Kier alpha value is -2.22. The lowest BCUT2D eigenvalue weighted by Gasteiger charge is -2.22. The number of halogens is 5. The molecule has 4 rings (SSSR count). The minimum Gasteiger partial charge on any atom is -0.321 e. The maximum atomic E-state index is 12.9. The maximum absolute atomic E-state index is 12.9. The topological polar surface area (TPSA) is 41.6 Å². The first kappa shape index (κ1) is 20.1. The molecule has 1 amide bonds. The van der Waals surface area contributed by atoms with E-state index in [1.165, 1.54) is 6.07 Å². The van der Waals surface area contributed by atoms with Crippen molar-refractivity contribution < 1.29 is 22.8 Å². The van der Waals surface area contributed by atoms with Crippen molar-refractivity contribution in [3.8, 4) is 0 Å². The molecule has 0 aliphatic carbocycles. The van der Waals surface area contributed by atoms with Gasteiger partial charge in [0.2, 0.25) is 0 Å². The van der Waals surface area contributed by atoms with E-state index in [2.05, 4.69) is 10.2 Å². The molecule has 0 bridgehead atoms. The highest BCUT2D eigenvalue weighted by Crippen LogP contribution is 2.43. The van der Waals surface area contributed by atoms with Crippen LogP contribution in [-0.4, -0.2) is 12.3 Å². The summed E-state index contributed by atoms with van der Waals surface area (Å²) in [4.78, 5) is 16.6. The first-order valence-corrected chi connectivity index (χ1v) is 7.22. The van der Waals surface area contributed by atoms with Gasteiger partial charge in [-0.2, -0.15) is 4.84 Å². The number of carbonyl (C=O) groups is 1. The number of para-hydroxylation sites is 2. The van der Waals surface area contributed by atoms with E-state index in [0.717, 1.165) is 0 Å². The van der Waals surface area contributed by atoms with Crippen molar-refractivity contribution in [1.82, 2.24) is 0 Å². The zero-order valence-corrected chi connectivity index (χ0v) is 14.7. The van der Waals surface area contributed by atoms with Crippen LogP contribution in [0.25, 0.3) is 5.57 Å². The number of nitrogens with one attached hydrogen (secondary N) is 1. The standard InChI is InChI=1S/C17H11F3N2O2.2ClH/c18-17(19,20)24-22-13-8-4-1-5-10(13)9-14(22)15-11-6-2-3-7-12(11)21-16(15)23;;/h1-8H,9H2,(H,21,23);2*1H. The lowest BCUT2D eigenvalue weighted by Crippen LogP contribution is -2.30. The molecule has 9 heteroatoms. The van der Waals surface area contributed by atoms with E-state index in [9.17, 15) is 18.0 Å². The van der Waals surface area contributed by atoms with Crippen LogP contribution in [0.2, 0.25) is 0 Å². The Balaban J connectivity index is 0.00000121. The Morgan fingerprint density at radius 3 is 2.38 bits per heavy atom. The van der Waals surface area contributed by atoms with E-state index in [-0.39, 0.29) is 48.2 Å². The summed E-state index contributed by atoms with van der Waals surface area (Å²) in [5.41, 5.74) is 2.48. The number of hydroxylamine groups is 1. The van der Waals surface area contributed by atoms with Crippen molar-refractivity contribution in [2.45, 2.75) is 12.8 Å². The summed E-state index contributed by atoms with van der Waals surface area (Å²) in [5.74, 6) is -0.435. The van der Waals surface area contributed by atoms with Gasteiger partial charge in [-0.05, 0) is 17.7 Å². The molecule has 0 atom stereocenters. The predicted molar refractivity (Wildman–Crippen MR) is 96.3 cm³/mol. The van der Waals surface area contributed by atoms with Crippen LogP contribution in [0.3, 0.4) is 0 Å². The molecule has 0 fully saturated rings. The fourth-order valence-corrected chi connectivity index (χ4v) is 3.06. The van der Waals surface area contributed by atoms with Gasteiger partial charge in [-0.1, -0.05) is 36.4 Å². The fraction of sp³-hybridized carbons (Fsp3) is 0.118. The number of rotatable bonds is 1. The minimum absolute atomic E-state index is 0. The van der Waals surface area contributed by atoms with Gasteiger partial charge in [-0.25, -0.2) is 5.06 Å². The maximum Gasteiger partial charge on any atom is 0.544 e. The molecule has 0 aromatic heterocycles. The molecule has 0 radical (unpaired) electrons. The summed E-state index contributed by atoms with van der Waals surface area (Å²) in [7, 11) is 0. The van der Waals surface area contributed by atoms with Crippen LogP contribution < -0.4 is 10.4 Å². The van der Waals surface area contributed by atoms with E-state index in [0.29, 0.717) is 21.9 Å². The number of amides is 1. The van der Waals surface area contributed by atoms with Crippen LogP contribution in [-0.2, 0) is 16.1 Å². The van der Waals surface area contributed by atoms with Crippen LogP contribution in [0.15, 0.2) is 54.2 Å². The SMILES string of the molecule is Cl.Cl.O=C1Nc2ccccc2C1=C1Cc2ccccc2N1OC(F)(F)F. The molecule has 0 unspecified atom stereocenters. The van der Waals surface area contributed by atoms with Gasteiger partial charge in [0.25, 0.3) is 5.91 Å². The second-order valence-electron chi connectivity index (χ2n) is 5.46. The van der Waals surface area contributed by atoms with Gasteiger partial charge < -0.3 is 5.32 Å². The predicted octanol–water partition coefficient (Wildman–Crippen LogP) is 4.71. The molecule has 2 aliphatic rings. The highest BCUT2D eigenvalue weighted by molar-refractivity contribution is 6.32. The fourth-order valence-electron chi connectivity index (χ4n) is 3.06. The molecule has 1 N–H and O–H groups in total. The smallest absolute Gasteiger partial charge is 0.321 e. The Bertz CT molecular complexity index is 884. The van der Waals surface area contributed by atoms with Crippen molar-refractivity contribution >= 4 is 47.7 Å². The van der Waals surface area contributed by atoms with Crippen LogP contribution in [0.5, 0.6) is 0 Å². The lowest BCUT2D eigenvalue weighted by molar-refractivity contribution is -0.326. The number of benzene rings is 2. The lowest BCUT2D eigenvalue weighted by atomic mass is 10.0. The Morgan fingerprint density at radius 2 is 1.65 bits per heavy atom. The minimum atomic E-state index is -4.86. The highest BCUT2D eigenvalue weighted by atomic mass is 35.5. The van der Waals surface area contributed by atoms with Gasteiger partial charge in [-0.15, -0.1) is 38.0 Å². The summed E-state index contributed by atoms with van der Waals surface area (Å²) < 4.78 is 38.6. The summed E-state index contributed by atoms with van der Waals surface area (Å²) in [6.45, 7) is 0. The average molecular weight is 405 g/mol. The van der Waals surface area contributed by atoms with Crippen molar-refractivity contribution in [3.05, 3.63) is 65.4 Å². The second kappa shape index (κ2) is 7.19. The highest BCUT2D eigenvalue weighted by Gasteiger charge is 2.41. The molecule has 26 heavy (non-hydrogen) atoms. The average Bonchev–Trinajstić information content (AvgIpc) is 3.03. The number of nitrogens with zero attached hydrogens (tertiary/aromatic N) is 1. The van der Waals surface area contributed by atoms with Gasteiger partial charge in [0, 0.05) is 17.7 Å². The quantitative estimate of drug-likeness (QED) is 0.699. The normalized spacial score (nSPS) is 17.8. The molecule has 138 valence electrons. The van der Waals surface area contributed by atoms with Crippen LogP contribution in [0, 0.1) is 0 Å². The van der Waals surface area contributed by atoms with Crippen molar-refractivity contribution in [1.29, 1.82) is 0 Å². The van der Waals surface area contributed by atoms with Gasteiger partial charge >= 0.3 is 6.36 Å². The Morgan fingerprint density at radius 1 is 1.00 bits per heavy atom. The van der Waals surface area contributed by atoms with Crippen LogP contribution in [0.4, 0.5) is 24.5 Å². The van der Waals surface area contributed by atoms with Crippen LogP contribution in [0.1, 0.15) is 11.1 Å². The molecular weight excluding hydrogens is 392 g/mol. The Kier molecular flexibility index (Phi) is 5.55. The monoisotopic (exact) mass is 404 g/mol. The third-order valence-electron chi connectivity index (χ3n) is 3.97. The van der Waals surface area contributed by atoms with Gasteiger partial charge in [-0.3, -0.25) is 4.79 Å². The number of hydrogen-bond acceptors (Lipinski definition) is 3. The molecule has 4 nitrogen and oxygen atoms in total. The summed E-state index contributed by atoms with van der Waals surface area (Å²) in [6, 6.07) is 13.5. The zero-order valence-electron chi connectivity index (χ0n) is 13.0. The van der Waals surface area contributed by atoms with E-state index in [4.69, 9.17) is 0 Å². The van der Waals surface area contributed by atoms with Crippen molar-refractivity contribution in [3.63, 3.8) is 0 Å². The zero-order chi connectivity index (χ0) is 16.9. The molecular formula is C17H13Cl2F3N2O2. The molecule has 2 aliphatic heterocycles. The molecule has 0 saturated carbocycles. The molecule has 0 saturated heterocycles. The first-order valence-electron chi connectivity index (χ1n) is 7.22. The number of anilines is 2. The molecule has 2 aromatic rings. The second-order valence-corrected chi connectivity index (χ2v) is 5.46. The molecule has 0 spiro atoms. The first-order chi connectivity index (χ1) is 11.4. The largest absolute Gasteiger partial charge is 0.544 e. The summed E-state index contributed by atoms with van der Waals surface area (Å²) in [6.07, 6.45) is -4.68. The van der Waals surface area contributed by atoms with Crippen LogP contribution >= 0.6 is 24.8 Å².